The van der Waals surface area contributed by atoms with Crippen LogP contribution in [0.15, 0.2) is 45.5 Å². The number of benzene rings is 1. The normalized spacial score (nSPS) is 10.2. The molecule has 0 aliphatic carbocycles. The number of halogens is 3. The zero-order valence-corrected chi connectivity index (χ0v) is 11.2. The smallest absolute Gasteiger partial charge is 0.166 e. The highest BCUT2D eigenvalue weighted by Crippen LogP contribution is 2.22. The van der Waals surface area contributed by atoms with Gasteiger partial charge in [0.15, 0.2) is 11.6 Å². The van der Waals surface area contributed by atoms with E-state index in [2.05, 4.69) is 42.2 Å². The van der Waals surface area contributed by atoms with Crippen molar-refractivity contribution in [2.24, 2.45) is 0 Å². The van der Waals surface area contributed by atoms with Gasteiger partial charge in [-0.1, -0.05) is 22.0 Å². The van der Waals surface area contributed by atoms with Gasteiger partial charge in [-0.3, -0.25) is 0 Å². The Morgan fingerprint density at radius 1 is 1.12 bits per heavy atom. The monoisotopic (exact) mass is 344 g/mol. The molecule has 0 fully saturated rings. The summed E-state index contributed by atoms with van der Waals surface area (Å²) in [7, 11) is 0. The van der Waals surface area contributed by atoms with E-state index < -0.39 is 5.82 Å². The summed E-state index contributed by atoms with van der Waals surface area (Å²) in [4.78, 5) is 3.95. The van der Waals surface area contributed by atoms with Crippen molar-refractivity contribution in [3.05, 3.63) is 51.3 Å². The van der Waals surface area contributed by atoms with Gasteiger partial charge in [0, 0.05) is 20.8 Å². The van der Waals surface area contributed by atoms with Gasteiger partial charge in [-0.05, 0) is 40.2 Å². The quantitative estimate of drug-likeness (QED) is 0.867. The van der Waals surface area contributed by atoms with Crippen molar-refractivity contribution in [3.8, 4) is 0 Å². The van der Waals surface area contributed by atoms with Gasteiger partial charge in [0.2, 0.25) is 0 Å². The highest BCUT2D eigenvalue weighted by molar-refractivity contribution is 9.10. The summed E-state index contributed by atoms with van der Waals surface area (Å²) in [5, 5.41) is 2.90. The second-order valence-corrected chi connectivity index (χ2v) is 4.95. The molecule has 2 nitrogen and oxygen atoms in total. The Labute approximate surface area is 109 Å². The number of aromatic nitrogens is 1. The van der Waals surface area contributed by atoms with Crippen molar-refractivity contribution in [2.75, 3.05) is 5.32 Å². The lowest BCUT2D eigenvalue weighted by Gasteiger charge is -2.06. The van der Waals surface area contributed by atoms with E-state index in [1.807, 2.05) is 24.3 Å². The van der Waals surface area contributed by atoms with Crippen LogP contribution >= 0.6 is 31.9 Å². The van der Waals surface area contributed by atoms with Crippen LogP contribution in [0.3, 0.4) is 0 Å². The fourth-order valence-corrected chi connectivity index (χ4v) is 1.91. The second kappa shape index (κ2) is 4.93. The summed E-state index contributed by atoms with van der Waals surface area (Å²) in [6.07, 6.45) is 1.55. The number of nitrogens with zero attached hydrogens (tertiary/aromatic N) is 1. The molecule has 0 aliphatic heterocycles. The van der Waals surface area contributed by atoms with Gasteiger partial charge in [0.05, 0.1) is 0 Å². The van der Waals surface area contributed by atoms with E-state index in [0.717, 1.165) is 10.2 Å². The van der Waals surface area contributed by atoms with Gasteiger partial charge in [0.1, 0.15) is 0 Å². The van der Waals surface area contributed by atoms with Crippen LogP contribution in [-0.4, -0.2) is 4.98 Å². The predicted octanol–water partition coefficient (Wildman–Crippen LogP) is 4.49. The van der Waals surface area contributed by atoms with Gasteiger partial charge in [-0.2, -0.15) is 0 Å². The minimum Gasteiger partial charge on any atom is -0.338 e. The minimum atomic E-state index is -0.394. The molecule has 1 aromatic carbocycles. The van der Waals surface area contributed by atoms with Crippen LogP contribution in [-0.2, 0) is 0 Å². The maximum Gasteiger partial charge on any atom is 0.166 e. The summed E-state index contributed by atoms with van der Waals surface area (Å²) in [5.74, 6) is -0.185. The largest absolute Gasteiger partial charge is 0.338 e. The van der Waals surface area contributed by atoms with Crippen LogP contribution in [0.25, 0.3) is 0 Å². The number of nitrogens with one attached hydrogen (secondary N) is 1. The van der Waals surface area contributed by atoms with E-state index in [1.54, 1.807) is 6.20 Å². The fraction of sp³-hybridized carbons (Fsp3) is 0. The molecule has 0 saturated heterocycles. The van der Waals surface area contributed by atoms with Gasteiger partial charge in [-0.25, -0.2) is 9.37 Å². The number of anilines is 2. The van der Waals surface area contributed by atoms with Crippen LogP contribution in [0.2, 0.25) is 0 Å². The van der Waals surface area contributed by atoms with Crippen molar-refractivity contribution in [1.82, 2.24) is 4.98 Å². The molecular weight excluding hydrogens is 339 g/mol. The SMILES string of the molecule is Fc1cc(Br)cnc1Nc1cccc(Br)c1. The third-order valence-corrected chi connectivity index (χ3v) is 2.82. The standard InChI is InChI=1S/C11H7Br2FN2/c12-7-2-1-3-9(4-7)16-11-10(14)5-8(13)6-15-11/h1-6H,(H,15,16). The van der Waals surface area contributed by atoms with Crippen molar-refractivity contribution in [2.45, 2.75) is 0 Å². The maximum atomic E-state index is 13.5. The molecular formula is C11H7Br2FN2. The van der Waals surface area contributed by atoms with Crippen molar-refractivity contribution >= 4 is 43.4 Å². The fourth-order valence-electron chi connectivity index (χ4n) is 1.21. The first kappa shape index (κ1) is 11.5. The highest BCUT2D eigenvalue weighted by Gasteiger charge is 2.04. The van der Waals surface area contributed by atoms with Gasteiger partial charge < -0.3 is 5.32 Å². The first-order valence-electron chi connectivity index (χ1n) is 4.49. The minimum absolute atomic E-state index is 0.210. The van der Waals surface area contributed by atoms with Gasteiger partial charge >= 0.3 is 0 Å². The molecule has 0 unspecified atom stereocenters. The molecule has 5 heteroatoms. The third kappa shape index (κ3) is 2.80. The Balaban J connectivity index is 2.27. The topological polar surface area (TPSA) is 24.9 Å². The van der Waals surface area contributed by atoms with E-state index in [1.165, 1.54) is 6.07 Å². The molecule has 1 heterocycles. The molecule has 16 heavy (non-hydrogen) atoms. The van der Waals surface area contributed by atoms with E-state index in [4.69, 9.17) is 0 Å². The van der Waals surface area contributed by atoms with E-state index >= 15 is 0 Å². The van der Waals surface area contributed by atoms with Crippen LogP contribution in [0.4, 0.5) is 15.9 Å². The predicted molar refractivity (Wildman–Crippen MR) is 69.3 cm³/mol. The first-order chi connectivity index (χ1) is 7.65. The average molecular weight is 346 g/mol. The summed E-state index contributed by atoms with van der Waals surface area (Å²) < 4.78 is 15.0. The third-order valence-electron chi connectivity index (χ3n) is 1.90. The number of rotatable bonds is 2. The van der Waals surface area contributed by atoms with Crippen LogP contribution in [0.5, 0.6) is 0 Å². The van der Waals surface area contributed by atoms with Crippen molar-refractivity contribution < 1.29 is 4.39 Å². The Bertz CT molecular complexity index is 517. The number of hydrogen-bond acceptors (Lipinski definition) is 2. The van der Waals surface area contributed by atoms with E-state index in [0.29, 0.717) is 4.47 Å². The lowest BCUT2D eigenvalue weighted by Crippen LogP contribution is -1.96. The van der Waals surface area contributed by atoms with Crippen molar-refractivity contribution in [3.63, 3.8) is 0 Å². The summed E-state index contributed by atoms with van der Waals surface area (Å²) >= 11 is 6.50. The maximum absolute atomic E-state index is 13.5. The molecule has 0 aliphatic rings. The van der Waals surface area contributed by atoms with E-state index in [9.17, 15) is 4.39 Å². The lowest BCUT2D eigenvalue weighted by molar-refractivity contribution is 0.625. The Morgan fingerprint density at radius 2 is 1.94 bits per heavy atom. The Kier molecular flexibility index (Phi) is 3.56. The van der Waals surface area contributed by atoms with Gasteiger partial charge in [0.25, 0.3) is 0 Å². The summed E-state index contributed by atoms with van der Waals surface area (Å²) in [6.45, 7) is 0. The average Bonchev–Trinajstić information content (AvgIpc) is 2.22. The molecule has 2 rings (SSSR count). The van der Waals surface area contributed by atoms with Gasteiger partial charge in [-0.15, -0.1) is 0 Å². The van der Waals surface area contributed by atoms with Crippen LogP contribution in [0.1, 0.15) is 0 Å². The van der Waals surface area contributed by atoms with E-state index in [-0.39, 0.29) is 5.82 Å². The molecule has 0 spiro atoms. The number of hydrogen-bond donors (Lipinski definition) is 1. The summed E-state index contributed by atoms with van der Waals surface area (Å²) in [6, 6.07) is 8.82. The Hall–Kier alpha value is -0.940. The lowest BCUT2D eigenvalue weighted by atomic mass is 10.3. The van der Waals surface area contributed by atoms with Crippen molar-refractivity contribution in [1.29, 1.82) is 0 Å². The molecule has 0 saturated carbocycles. The zero-order valence-electron chi connectivity index (χ0n) is 8.05. The number of pyridine rings is 1. The molecule has 1 N–H and O–H groups in total. The van der Waals surface area contributed by atoms with Crippen LogP contribution < -0.4 is 5.32 Å². The highest BCUT2D eigenvalue weighted by atomic mass is 79.9. The second-order valence-electron chi connectivity index (χ2n) is 3.12. The summed E-state index contributed by atoms with van der Waals surface area (Å²) in [5.41, 5.74) is 0.781. The molecule has 0 atom stereocenters. The molecule has 1 aromatic heterocycles. The molecule has 2 aromatic rings. The molecule has 0 radical (unpaired) electrons. The molecule has 82 valence electrons. The molecule has 0 amide bonds. The van der Waals surface area contributed by atoms with Crippen LogP contribution in [0, 0.1) is 5.82 Å². The molecule has 0 bridgehead atoms. The first-order valence-corrected chi connectivity index (χ1v) is 6.07. The Morgan fingerprint density at radius 3 is 2.62 bits per heavy atom. The zero-order chi connectivity index (χ0) is 11.5.